The molecule has 1 aliphatic rings. The second kappa shape index (κ2) is 3.97. The van der Waals surface area contributed by atoms with E-state index in [1.165, 1.54) is 0 Å². The van der Waals surface area contributed by atoms with Crippen LogP contribution in [0.4, 0.5) is 0 Å². The van der Waals surface area contributed by atoms with Crippen molar-refractivity contribution in [2.24, 2.45) is 5.92 Å². The van der Waals surface area contributed by atoms with Crippen molar-refractivity contribution >= 4 is 0 Å². The van der Waals surface area contributed by atoms with Crippen LogP contribution in [0, 0.1) is 5.92 Å². The lowest BCUT2D eigenvalue weighted by molar-refractivity contribution is 0.106. The highest BCUT2D eigenvalue weighted by molar-refractivity contribution is 4.81. The molecule has 0 radical (unpaired) electrons. The van der Waals surface area contributed by atoms with Gasteiger partial charge in [-0.15, -0.1) is 0 Å². The first-order valence-electron chi connectivity index (χ1n) is 5.34. The first-order chi connectivity index (χ1) is 5.91. The average molecular weight is 185 g/mol. The van der Waals surface area contributed by atoms with Crippen LogP contribution in [0.1, 0.15) is 40.5 Å². The molecule has 0 saturated carbocycles. The zero-order valence-electron chi connectivity index (χ0n) is 9.38. The van der Waals surface area contributed by atoms with Gasteiger partial charge in [0, 0.05) is 12.1 Å². The fourth-order valence-corrected chi connectivity index (χ4v) is 1.91. The minimum Gasteiger partial charge on any atom is -0.393 e. The molecule has 1 heterocycles. The van der Waals surface area contributed by atoms with Crippen LogP contribution in [-0.4, -0.2) is 34.7 Å². The van der Waals surface area contributed by atoms with Crippen LogP contribution in [0.2, 0.25) is 0 Å². The first-order valence-corrected chi connectivity index (χ1v) is 5.34. The third kappa shape index (κ3) is 2.96. The highest BCUT2D eigenvalue weighted by atomic mass is 16.3. The van der Waals surface area contributed by atoms with Crippen molar-refractivity contribution in [2.75, 3.05) is 13.1 Å². The number of rotatable bonds is 0. The van der Waals surface area contributed by atoms with Crippen LogP contribution in [0.3, 0.4) is 0 Å². The van der Waals surface area contributed by atoms with E-state index in [4.69, 9.17) is 0 Å². The Hall–Kier alpha value is -0.0800. The lowest BCUT2D eigenvalue weighted by Gasteiger charge is -2.34. The molecule has 0 spiro atoms. The second-order valence-electron chi connectivity index (χ2n) is 5.28. The van der Waals surface area contributed by atoms with Crippen LogP contribution in [-0.2, 0) is 0 Å². The summed E-state index contributed by atoms with van der Waals surface area (Å²) in [5.41, 5.74) is 0.254. The highest BCUT2D eigenvalue weighted by Gasteiger charge is 2.27. The summed E-state index contributed by atoms with van der Waals surface area (Å²) >= 11 is 0. The maximum absolute atomic E-state index is 9.71. The second-order valence-corrected chi connectivity index (χ2v) is 5.28. The largest absolute Gasteiger partial charge is 0.393 e. The lowest BCUT2D eigenvalue weighted by Crippen LogP contribution is -2.42. The molecular formula is C11H23NO. The Labute approximate surface area is 81.9 Å². The van der Waals surface area contributed by atoms with Crippen molar-refractivity contribution in [3.05, 3.63) is 0 Å². The predicted molar refractivity (Wildman–Crippen MR) is 55.7 cm³/mol. The van der Waals surface area contributed by atoms with Crippen molar-refractivity contribution < 1.29 is 5.11 Å². The number of hydrogen-bond donors (Lipinski definition) is 1. The molecule has 0 aromatic carbocycles. The van der Waals surface area contributed by atoms with E-state index in [0.29, 0.717) is 5.92 Å². The Bertz CT molecular complexity index is 150. The fraction of sp³-hybridized carbons (Fsp3) is 1.00. The summed E-state index contributed by atoms with van der Waals surface area (Å²) in [7, 11) is 0. The van der Waals surface area contributed by atoms with Crippen LogP contribution in [0.25, 0.3) is 0 Å². The lowest BCUT2D eigenvalue weighted by atomic mass is 10.0. The van der Waals surface area contributed by atoms with E-state index < -0.39 is 0 Å². The van der Waals surface area contributed by atoms with Crippen LogP contribution in [0.5, 0.6) is 0 Å². The molecule has 1 N–H and O–H groups in total. The van der Waals surface area contributed by atoms with E-state index >= 15 is 0 Å². The quantitative estimate of drug-likeness (QED) is 0.623. The van der Waals surface area contributed by atoms with Gasteiger partial charge in [-0.25, -0.2) is 0 Å². The summed E-state index contributed by atoms with van der Waals surface area (Å²) < 4.78 is 0. The van der Waals surface area contributed by atoms with E-state index in [1.54, 1.807) is 0 Å². The van der Waals surface area contributed by atoms with Crippen molar-refractivity contribution in [2.45, 2.75) is 52.2 Å². The van der Waals surface area contributed by atoms with Gasteiger partial charge < -0.3 is 5.11 Å². The van der Waals surface area contributed by atoms with Gasteiger partial charge in [0.25, 0.3) is 0 Å². The molecule has 0 unspecified atom stereocenters. The SMILES string of the molecule is C[C@@H]1CCN(C(C)(C)C)CC[C@@H]1O. The molecule has 0 aliphatic carbocycles. The Morgan fingerprint density at radius 2 is 1.69 bits per heavy atom. The normalized spacial score (nSPS) is 33.0. The molecule has 1 fully saturated rings. The van der Waals surface area contributed by atoms with Gasteiger partial charge >= 0.3 is 0 Å². The smallest absolute Gasteiger partial charge is 0.0578 e. The Balaban J connectivity index is 2.54. The topological polar surface area (TPSA) is 23.5 Å². The van der Waals surface area contributed by atoms with Gasteiger partial charge in [-0.2, -0.15) is 0 Å². The van der Waals surface area contributed by atoms with E-state index in [1.807, 2.05) is 0 Å². The maximum Gasteiger partial charge on any atom is 0.0578 e. The molecule has 2 heteroatoms. The van der Waals surface area contributed by atoms with Crippen molar-refractivity contribution in [3.8, 4) is 0 Å². The Morgan fingerprint density at radius 1 is 1.15 bits per heavy atom. The Kier molecular flexibility index (Phi) is 3.36. The number of nitrogens with zero attached hydrogens (tertiary/aromatic N) is 1. The van der Waals surface area contributed by atoms with E-state index in [-0.39, 0.29) is 11.6 Å². The van der Waals surface area contributed by atoms with Gasteiger partial charge in [-0.3, -0.25) is 4.90 Å². The molecule has 2 nitrogen and oxygen atoms in total. The van der Waals surface area contributed by atoms with E-state index in [9.17, 15) is 5.11 Å². The van der Waals surface area contributed by atoms with Crippen LogP contribution >= 0.6 is 0 Å². The highest BCUT2D eigenvalue weighted by Crippen LogP contribution is 2.22. The van der Waals surface area contributed by atoms with Gasteiger partial charge in [0.05, 0.1) is 6.10 Å². The van der Waals surface area contributed by atoms with E-state index in [0.717, 1.165) is 25.9 Å². The molecule has 1 aliphatic heterocycles. The molecule has 13 heavy (non-hydrogen) atoms. The maximum atomic E-state index is 9.71. The fourth-order valence-electron chi connectivity index (χ4n) is 1.91. The third-order valence-electron chi connectivity index (χ3n) is 3.15. The standard InChI is InChI=1S/C11H23NO/c1-9-5-7-12(11(2,3)4)8-6-10(9)13/h9-10,13H,5-8H2,1-4H3/t9-,10+/m1/s1. The number of aliphatic hydroxyl groups excluding tert-OH is 1. The minimum absolute atomic E-state index is 0.0904. The molecule has 0 amide bonds. The molecule has 1 saturated heterocycles. The zero-order valence-corrected chi connectivity index (χ0v) is 9.38. The molecule has 2 atom stereocenters. The summed E-state index contributed by atoms with van der Waals surface area (Å²) in [4.78, 5) is 2.47. The van der Waals surface area contributed by atoms with Gasteiger partial charge in [-0.1, -0.05) is 6.92 Å². The molecule has 1 rings (SSSR count). The molecular weight excluding hydrogens is 162 g/mol. The molecule has 0 aromatic heterocycles. The minimum atomic E-state index is -0.0904. The third-order valence-corrected chi connectivity index (χ3v) is 3.15. The molecule has 0 bridgehead atoms. The summed E-state index contributed by atoms with van der Waals surface area (Å²) in [6.45, 7) is 11.0. The van der Waals surface area contributed by atoms with Crippen LogP contribution < -0.4 is 0 Å². The van der Waals surface area contributed by atoms with Gasteiger partial charge in [-0.05, 0) is 46.1 Å². The number of hydrogen-bond acceptors (Lipinski definition) is 2. The van der Waals surface area contributed by atoms with Gasteiger partial charge in [0.15, 0.2) is 0 Å². The average Bonchev–Trinajstić information content (AvgIpc) is 2.14. The van der Waals surface area contributed by atoms with Crippen molar-refractivity contribution in [3.63, 3.8) is 0 Å². The summed E-state index contributed by atoms with van der Waals surface area (Å²) in [6, 6.07) is 0. The monoisotopic (exact) mass is 185 g/mol. The predicted octanol–water partition coefficient (Wildman–Crippen LogP) is 1.88. The van der Waals surface area contributed by atoms with Crippen molar-refractivity contribution in [1.29, 1.82) is 0 Å². The van der Waals surface area contributed by atoms with Crippen molar-refractivity contribution in [1.82, 2.24) is 4.90 Å². The number of likely N-dealkylation sites (tertiary alicyclic amines) is 1. The van der Waals surface area contributed by atoms with E-state index in [2.05, 4.69) is 32.6 Å². The zero-order chi connectivity index (χ0) is 10.1. The summed E-state index contributed by atoms with van der Waals surface area (Å²) in [5.74, 6) is 0.465. The van der Waals surface area contributed by atoms with Crippen LogP contribution in [0.15, 0.2) is 0 Å². The molecule has 0 aromatic rings. The summed E-state index contributed by atoms with van der Waals surface area (Å²) in [5, 5.41) is 9.71. The van der Waals surface area contributed by atoms with Gasteiger partial charge in [0.2, 0.25) is 0 Å². The molecule has 78 valence electrons. The number of aliphatic hydroxyl groups is 1. The Morgan fingerprint density at radius 3 is 2.23 bits per heavy atom. The van der Waals surface area contributed by atoms with Gasteiger partial charge in [0.1, 0.15) is 0 Å². The first kappa shape index (κ1) is 11.0. The summed E-state index contributed by atoms with van der Waals surface area (Å²) in [6.07, 6.45) is 1.96.